The molecule has 1 amide bonds. The molecule has 6 nitrogen and oxygen atoms in total. The van der Waals surface area contributed by atoms with Crippen LogP contribution in [-0.4, -0.2) is 23.9 Å². The first kappa shape index (κ1) is 13.2. The predicted molar refractivity (Wildman–Crippen MR) is 61.5 cm³/mol. The standard InChI is InChI=1S/C11H16N4O2/c1-8(3-4-12)15(2)6-10-5-9(7-17-10)11(16)14-13/h5,7-8H,3,6,13H2,1-2H3,(H,14,16). The fraction of sp³-hybridized carbons (Fsp3) is 0.455. The van der Waals surface area contributed by atoms with Crippen molar-refractivity contribution >= 4 is 5.91 Å². The van der Waals surface area contributed by atoms with E-state index in [4.69, 9.17) is 15.5 Å². The van der Waals surface area contributed by atoms with E-state index in [0.29, 0.717) is 24.3 Å². The molecule has 1 rings (SSSR count). The van der Waals surface area contributed by atoms with Crippen molar-refractivity contribution in [2.75, 3.05) is 7.05 Å². The quantitative estimate of drug-likeness (QED) is 0.444. The summed E-state index contributed by atoms with van der Waals surface area (Å²) >= 11 is 0. The molecule has 0 saturated heterocycles. The minimum Gasteiger partial charge on any atom is -0.467 e. The molecule has 6 heteroatoms. The zero-order chi connectivity index (χ0) is 12.8. The van der Waals surface area contributed by atoms with Gasteiger partial charge in [-0.15, -0.1) is 0 Å². The first-order chi connectivity index (χ1) is 8.08. The summed E-state index contributed by atoms with van der Waals surface area (Å²) < 4.78 is 5.25. The number of nitrogens with one attached hydrogen (secondary N) is 1. The molecule has 1 unspecified atom stereocenters. The van der Waals surface area contributed by atoms with Gasteiger partial charge in [0.1, 0.15) is 12.0 Å². The zero-order valence-corrected chi connectivity index (χ0v) is 9.93. The van der Waals surface area contributed by atoms with Gasteiger partial charge in [-0.1, -0.05) is 0 Å². The second-order valence-corrected chi connectivity index (χ2v) is 3.90. The van der Waals surface area contributed by atoms with Crippen LogP contribution in [0.25, 0.3) is 0 Å². The summed E-state index contributed by atoms with van der Waals surface area (Å²) in [5.74, 6) is 5.30. The molecule has 0 aromatic carbocycles. The van der Waals surface area contributed by atoms with Gasteiger partial charge in [0.25, 0.3) is 5.91 Å². The van der Waals surface area contributed by atoms with Crippen LogP contribution in [0.15, 0.2) is 16.7 Å². The zero-order valence-electron chi connectivity index (χ0n) is 9.93. The highest BCUT2D eigenvalue weighted by Gasteiger charge is 2.13. The third kappa shape index (κ3) is 3.59. The molecular weight excluding hydrogens is 220 g/mol. The van der Waals surface area contributed by atoms with Gasteiger partial charge < -0.3 is 4.42 Å². The lowest BCUT2D eigenvalue weighted by Gasteiger charge is -2.20. The molecule has 0 aliphatic rings. The molecule has 0 spiro atoms. The van der Waals surface area contributed by atoms with Crippen LogP contribution in [0.1, 0.15) is 29.5 Å². The maximum Gasteiger partial charge on any atom is 0.268 e. The Hall–Kier alpha value is -1.84. The number of carbonyl (C=O) groups excluding carboxylic acids is 1. The lowest BCUT2D eigenvalue weighted by molar-refractivity contribution is 0.0953. The number of nitriles is 1. The summed E-state index contributed by atoms with van der Waals surface area (Å²) in [5.41, 5.74) is 2.43. The van der Waals surface area contributed by atoms with Gasteiger partial charge in [-0.05, 0) is 20.0 Å². The number of nitrogens with zero attached hydrogens (tertiary/aromatic N) is 2. The average Bonchev–Trinajstić information content (AvgIpc) is 2.76. The van der Waals surface area contributed by atoms with Crippen LogP contribution >= 0.6 is 0 Å². The summed E-state index contributed by atoms with van der Waals surface area (Å²) in [6.45, 7) is 2.50. The maximum absolute atomic E-state index is 11.2. The van der Waals surface area contributed by atoms with Crippen LogP contribution in [0.5, 0.6) is 0 Å². The normalized spacial score (nSPS) is 12.2. The highest BCUT2D eigenvalue weighted by Crippen LogP contribution is 2.12. The second kappa shape index (κ2) is 6.03. The Morgan fingerprint density at radius 3 is 3.06 bits per heavy atom. The monoisotopic (exact) mass is 236 g/mol. The molecule has 1 heterocycles. The lowest BCUT2D eigenvalue weighted by atomic mass is 10.2. The Bertz CT molecular complexity index is 421. The van der Waals surface area contributed by atoms with E-state index in [2.05, 4.69) is 6.07 Å². The van der Waals surface area contributed by atoms with Crippen LogP contribution in [0, 0.1) is 11.3 Å². The van der Waals surface area contributed by atoms with Gasteiger partial charge in [-0.2, -0.15) is 5.26 Å². The highest BCUT2D eigenvalue weighted by atomic mass is 16.3. The molecule has 0 radical (unpaired) electrons. The van der Waals surface area contributed by atoms with Gasteiger partial charge in [0.05, 0.1) is 24.6 Å². The van der Waals surface area contributed by atoms with Gasteiger partial charge in [0.15, 0.2) is 0 Å². The van der Waals surface area contributed by atoms with E-state index in [1.807, 2.05) is 24.3 Å². The molecule has 3 N–H and O–H groups in total. The van der Waals surface area contributed by atoms with Crippen molar-refractivity contribution in [1.82, 2.24) is 10.3 Å². The van der Waals surface area contributed by atoms with E-state index in [1.165, 1.54) is 6.26 Å². The van der Waals surface area contributed by atoms with Crippen molar-refractivity contribution < 1.29 is 9.21 Å². The lowest BCUT2D eigenvalue weighted by Crippen LogP contribution is -2.29. The molecule has 0 aliphatic carbocycles. The van der Waals surface area contributed by atoms with E-state index in [1.54, 1.807) is 6.07 Å². The Morgan fingerprint density at radius 1 is 1.76 bits per heavy atom. The number of amides is 1. The number of hydrogen-bond acceptors (Lipinski definition) is 5. The number of hydrogen-bond donors (Lipinski definition) is 2. The van der Waals surface area contributed by atoms with Gasteiger partial charge in [-0.25, -0.2) is 5.84 Å². The SMILES string of the molecule is CC(CC#N)N(C)Cc1cc(C(=O)NN)co1. The first-order valence-electron chi connectivity index (χ1n) is 5.24. The predicted octanol–water partition coefficient (Wildman–Crippen LogP) is 0.617. The van der Waals surface area contributed by atoms with Crippen LogP contribution in [0.4, 0.5) is 0 Å². The topological polar surface area (TPSA) is 95.3 Å². The summed E-state index contributed by atoms with van der Waals surface area (Å²) in [7, 11) is 1.90. The van der Waals surface area contributed by atoms with E-state index in [-0.39, 0.29) is 11.9 Å². The Balaban J connectivity index is 2.60. The summed E-state index contributed by atoms with van der Waals surface area (Å²) in [6.07, 6.45) is 1.81. The number of hydrazine groups is 1. The fourth-order valence-corrected chi connectivity index (χ4v) is 1.36. The van der Waals surface area contributed by atoms with Crippen LogP contribution in [0.3, 0.4) is 0 Å². The van der Waals surface area contributed by atoms with Crippen LogP contribution < -0.4 is 11.3 Å². The number of rotatable bonds is 5. The number of furan rings is 1. The molecule has 1 aromatic heterocycles. The molecule has 1 aromatic rings. The molecule has 1 atom stereocenters. The highest BCUT2D eigenvalue weighted by molar-refractivity contribution is 5.93. The third-order valence-electron chi connectivity index (χ3n) is 2.59. The molecule has 17 heavy (non-hydrogen) atoms. The van der Waals surface area contributed by atoms with E-state index in [0.717, 1.165) is 0 Å². The largest absolute Gasteiger partial charge is 0.467 e. The number of nitrogens with two attached hydrogens (primary N) is 1. The van der Waals surface area contributed by atoms with E-state index in [9.17, 15) is 4.79 Å². The Kier molecular flexibility index (Phi) is 4.69. The van der Waals surface area contributed by atoms with E-state index < -0.39 is 0 Å². The third-order valence-corrected chi connectivity index (χ3v) is 2.59. The first-order valence-corrected chi connectivity index (χ1v) is 5.24. The molecular formula is C11H16N4O2. The summed E-state index contributed by atoms with van der Waals surface area (Å²) in [6, 6.07) is 3.89. The van der Waals surface area contributed by atoms with Crippen LogP contribution in [-0.2, 0) is 6.54 Å². The van der Waals surface area contributed by atoms with Crippen molar-refractivity contribution in [3.8, 4) is 6.07 Å². The van der Waals surface area contributed by atoms with Crippen molar-refractivity contribution in [2.45, 2.75) is 25.9 Å². The summed E-state index contributed by atoms with van der Waals surface area (Å²) in [5, 5.41) is 8.59. The van der Waals surface area contributed by atoms with E-state index >= 15 is 0 Å². The minimum atomic E-state index is -0.382. The second-order valence-electron chi connectivity index (χ2n) is 3.90. The number of nitrogen functional groups attached to an aromatic ring is 1. The maximum atomic E-state index is 11.2. The fourth-order valence-electron chi connectivity index (χ4n) is 1.36. The molecule has 0 bridgehead atoms. The average molecular weight is 236 g/mol. The van der Waals surface area contributed by atoms with Crippen molar-refractivity contribution in [3.05, 3.63) is 23.7 Å². The van der Waals surface area contributed by atoms with Crippen molar-refractivity contribution in [1.29, 1.82) is 5.26 Å². The van der Waals surface area contributed by atoms with Gasteiger partial charge in [0, 0.05) is 6.04 Å². The van der Waals surface area contributed by atoms with Crippen molar-refractivity contribution in [3.63, 3.8) is 0 Å². The summed E-state index contributed by atoms with van der Waals surface area (Å²) in [4.78, 5) is 13.2. The molecule has 0 fully saturated rings. The Labute approximate surface area is 100.0 Å². The van der Waals surface area contributed by atoms with Gasteiger partial charge in [0.2, 0.25) is 0 Å². The number of carbonyl (C=O) groups is 1. The Morgan fingerprint density at radius 2 is 2.47 bits per heavy atom. The van der Waals surface area contributed by atoms with Crippen molar-refractivity contribution in [2.24, 2.45) is 5.84 Å². The molecule has 0 saturated carbocycles. The molecule has 92 valence electrons. The van der Waals surface area contributed by atoms with Gasteiger partial charge >= 0.3 is 0 Å². The molecule has 0 aliphatic heterocycles. The van der Waals surface area contributed by atoms with Gasteiger partial charge in [-0.3, -0.25) is 15.1 Å². The smallest absolute Gasteiger partial charge is 0.268 e. The minimum absolute atomic E-state index is 0.136. The van der Waals surface area contributed by atoms with Crippen LogP contribution in [0.2, 0.25) is 0 Å².